The van der Waals surface area contributed by atoms with Crippen LogP contribution in [0.25, 0.3) is 0 Å². The summed E-state index contributed by atoms with van der Waals surface area (Å²) in [5.41, 5.74) is 0. The summed E-state index contributed by atoms with van der Waals surface area (Å²) in [4.78, 5) is 4.24. The zero-order valence-corrected chi connectivity index (χ0v) is 13.6. The van der Waals surface area contributed by atoms with Crippen molar-refractivity contribution < 1.29 is 4.74 Å². The van der Waals surface area contributed by atoms with Crippen LogP contribution in [0.4, 0.5) is 0 Å². The maximum absolute atomic E-state index is 5.54. The molecule has 1 rings (SSSR count). The SMILES string of the molecule is CN=C(NCCOCC(C)C)NCC1(C)CCCS1. The van der Waals surface area contributed by atoms with E-state index in [1.165, 1.54) is 18.6 Å². The zero-order chi connectivity index (χ0) is 14.1. The second-order valence-corrected chi connectivity index (χ2v) is 7.41. The van der Waals surface area contributed by atoms with E-state index in [-0.39, 0.29) is 0 Å². The predicted octanol–water partition coefficient (Wildman–Crippen LogP) is 2.11. The Hall–Kier alpha value is -0.420. The fraction of sp³-hybridized carbons (Fsp3) is 0.929. The minimum atomic E-state index is 0.367. The van der Waals surface area contributed by atoms with E-state index in [9.17, 15) is 0 Å². The summed E-state index contributed by atoms with van der Waals surface area (Å²) < 4.78 is 5.91. The first kappa shape index (κ1) is 16.6. The van der Waals surface area contributed by atoms with Gasteiger partial charge in [0.1, 0.15) is 0 Å². The lowest BCUT2D eigenvalue weighted by Gasteiger charge is -2.24. The Balaban J connectivity index is 2.12. The van der Waals surface area contributed by atoms with Gasteiger partial charge in [-0.3, -0.25) is 4.99 Å². The summed E-state index contributed by atoms with van der Waals surface area (Å²) in [6, 6.07) is 0. The van der Waals surface area contributed by atoms with Crippen molar-refractivity contribution in [2.75, 3.05) is 39.1 Å². The molecule has 1 aliphatic heterocycles. The second-order valence-electron chi connectivity index (χ2n) is 5.72. The van der Waals surface area contributed by atoms with Crippen molar-refractivity contribution in [2.24, 2.45) is 10.9 Å². The topological polar surface area (TPSA) is 45.7 Å². The molecule has 1 aliphatic rings. The number of rotatable bonds is 7. The highest BCUT2D eigenvalue weighted by molar-refractivity contribution is 8.00. The van der Waals surface area contributed by atoms with Gasteiger partial charge in [-0.15, -0.1) is 0 Å². The normalized spacial score (nSPS) is 23.9. The van der Waals surface area contributed by atoms with Crippen LogP contribution in [-0.4, -0.2) is 49.8 Å². The molecule has 0 bridgehead atoms. The summed E-state index contributed by atoms with van der Waals surface area (Å²) in [6.07, 6.45) is 2.62. The molecule has 0 amide bonds. The third kappa shape index (κ3) is 7.06. The molecular weight excluding hydrogens is 258 g/mol. The molecule has 1 saturated heterocycles. The maximum atomic E-state index is 5.54. The molecule has 4 nitrogen and oxygen atoms in total. The first-order valence-electron chi connectivity index (χ1n) is 7.22. The fourth-order valence-corrected chi connectivity index (χ4v) is 3.27. The molecule has 0 radical (unpaired) electrons. The lowest BCUT2D eigenvalue weighted by Crippen LogP contribution is -2.44. The number of hydrogen-bond donors (Lipinski definition) is 2. The number of guanidine groups is 1. The third-order valence-electron chi connectivity index (χ3n) is 3.14. The van der Waals surface area contributed by atoms with Gasteiger partial charge in [0.25, 0.3) is 0 Å². The summed E-state index contributed by atoms with van der Waals surface area (Å²) in [6.45, 7) is 9.98. The first-order valence-corrected chi connectivity index (χ1v) is 8.20. The summed E-state index contributed by atoms with van der Waals surface area (Å²) >= 11 is 2.06. The van der Waals surface area contributed by atoms with Crippen LogP contribution in [0, 0.1) is 5.92 Å². The van der Waals surface area contributed by atoms with Gasteiger partial charge >= 0.3 is 0 Å². The molecule has 0 aliphatic carbocycles. The molecule has 1 unspecified atom stereocenters. The Kier molecular flexibility index (Phi) is 7.61. The van der Waals surface area contributed by atoms with Gasteiger partial charge in [0.2, 0.25) is 0 Å². The van der Waals surface area contributed by atoms with Crippen LogP contribution in [0.5, 0.6) is 0 Å². The van der Waals surface area contributed by atoms with Crippen LogP contribution in [0.15, 0.2) is 4.99 Å². The lowest BCUT2D eigenvalue weighted by atomic mass is 10.1. The second kappa shape index (κ2) is 8.69. The molecule has 0 aromatic carbocycles. The van der Waals surface area contributed by atoms with E-state index in [4.69, 9.17) is 4.74 Å². The van der Waals surface area contributed by atoms with Crippen molar-refractivity contribution in [2.45, 2.75) is 38.4 Å². The summed E-state index contributed by atoms with van der Waals surface area (Å²) in [5, 5.41) is 6.70. The van der Waals surface area contributed by atoms with Crippen LogP contribution < -0.4 is 10.6 Å². The van der Waals surface area contributed by atoms with Gasteiger partial charge in [0.05, 0.1) is 6.61 Å². The quantitative estimate of drug-likeness (QED) is 0.428. The zero-order valence-electron chi connectivity index (χ0n) is 12.8. The minimum absolute atomic E-state index is 0.367. The fourth-order valence-electron chi connectivity index (χ4n) is 2.03. The van der Waals surface area contributed by atoms with Gasteiger partial charge in [-0.2, -0.15) is 11.8 Å². The lowest BCUT2D eigenvalue weighted by molar-refractivity contribution is 0.114. The van der Waals surface area contributed by atoms with E-state index in [0.717, 1.165) is 32.3 Å². The number of hydrogen-bond acceptors (Lipinski definition) is 3. The van der Waals surface area contributed by atoms with Gasteiger partial charge in [-0.05, 0) is 31.4 Å². The third-order valence-corrected chi connectivity index (χ3v) is 4.68. The monoisotopic (exact) mass is 287 g/mol. The first-order chi connectivity index (χ1) is 9.06. The molecular formula is C14H29N3OS. The Morgan fingerprint density at radius 2 is 2.21 bits per heavy atom. The Morgan fingerprint density at radius 1 is 1.42 bits per heavy atom. The Morgan fingerprint density at radius 3 is 2.79 bits per heavy atom. The molecule has 0 aromatic rings. The van der Waals surface area contributed by atoms with Gasteiger partial charge in [-0.25, -0.2) is 0 Å². The van der Waals surface area contributed by atoms with Gasteiger partial charge in [0, 0.05) is 31.5 Å². The molecule has 2 N–H and O–H groups in total. The van der Waals surface area contributed by atoms with Crippen molar-refractivity contribution >= 4 is 17.7 Å². The van der Waals surface area contributed by atoms with Crippen molar-refractivity contribution in [1.29, 1.82) is 0 Å². The Labute approximate surface area is 122 Å². The van der Waals surface area contributed by atoms with E-state index in [1.807, 2.05) is 7.05 Å². The average molecular weight is 287 g/mol. The highest BCUT2D eigenvalue weighted by Crippen LogP contribution is 2.36. The predicted molar refractivity (Wildman–Crippen MR) is 85.1 cm³/mol. The molecule has 1 heterocycles. The van der Waals surface area contributed by atoms with Crippen LogP contribution in [0.1, 0.15) is 33.6 Å². The van der Waals surface area contributed by atoms with Gasteiger partial charge in [-0.1, -0.05) is 13.8 Å². The van der Waals surface area contributed by atoms with Crippen molar-refractivity contribution in [3.05, 3.63) is 0 Å². The number of aliphatic imine (C=N–C) groups is 1. The molecule has 0 saturated carbocycles. The molecule has 0 aromatic heterocycles. The molecule has 0 spiro atoms. The van der Waals surface area contributed by atoms with E-state index < -0.39 is 0 Å². The number of nitrogens with zero attached hydrogens (tertiary/aromatic N) is 1. The van der Waals surface area contributed by atoms with Crippen molar-refractivity contribution in [1.82, 2.24) is 10.6 Å². The van der Waals surface area contributed by atoms with Crippen LogP contribution >= 0.6 is 11.8 Å². The van der Waals surface area contributed by atoms with E-state index >= 15 is 0 Å². The molecule has 19 heavy (non-hydrogen) atoms. The maximum Gasteiger partial charge on any atom is 0.191 e. The standard InChI is InChI=1S/C14H29N3OS/c1-12(2)10-18-8-7-16-13(15-4)17-11-14(3)6-5-9-19-14/h12H,5-11H2,1-4H3,(H2,15,16,17). The number of nitrogens with one attached hydrogen (secondary N) is 2. The molecule has 5 heteroatoms. The Bertz CT molecular complexity index is 276. The number of ether oxygens (including phenoxy) is 1. The minimum Gasteiger partial charge on any atom is -0.379 e. The van der Waals surface area contributed by atoms with Crippen LogP contribution in [-0.2, 0) is 4.74 Å². The number of thioether (sulfide) groups is 1. The molecule has 1 fully saturated rings. The van der Waals surface area contributed by atoms with Gasteiger partial charge in [0.15, 0.2) is 5.96 Å². The highest BCUT2D eigenvalue weighted by Gasteiger charge is 2.29. The summed E-state index contributed by atoms with van der Waals surface area (Å²) in [7, 11) is 1.81. The smallest absolute Gasteiger partial charge is 0.191 e. The molecule has 112 valence electrons. The van der Waals surface area contributed by atoms with Crippen LogP contribution in [0.3, 0.4) is 0 Å². The van der Waals surface area contributed by atoms with E-state index in [0.29, 0.717) is 10.7 Å². The van der Waals surface area contributed by atoms with E-state index in [2.05, 4.69) is 48.2 Å². The summed E-state index contributed by atoms with van der Waals surface area (Å²) in [5.74, 6) is 2.76. The van der Waals surface area contributed by atoms with Crippen LogP contribution in [0.2, 0.25) is 0 Å². The van der Waals surface area contributed by atoms with E-state index in [1.54, 1.807) is 0 Å². The largest absolute Gasteiger partial charge is 0.379 e. The van der Waals surface area contributed by atoms with Gasteiger partial charge < -0.3 is 15.4 Å². The average Bonchev–Trinajstić information content (AvgIpc) is 2.79. The van der Waals surface area contributed by atoms with Crippen molar-refractivity contribution in [3.63, 3.8) is 0 Å². The van der Waals surface area contributed by atoms with Crippen molar-refractivity contribution in [3.8, 4) is 0 Å². The molecule has 1 atom stereocenters. The highest BCUT2D eigenvalue weighted by atomic mass is 32.2.